The number of hydrogen-bond acceptors (Lipinski definition) is 7. The van der Waals surface area contributed by atoms with Gasteiger partial charge in [-0.15, -0.1) is 0 Å². The Balaban J connectivity index is 2.66. The molecule has 116 valence electrons. The van der Waals surface area contributed by atoms with Gasteiger partial charge in [-0.1, -0.05) is 0 Å². The summed E-state index contributed by atoms with van der Waals surface area (Å²) < 4.78 is 5.93. The number of carbonyl (C=O) groups is 2. The molecule has 0 aliphatic rings. The number of esters is 1. The summed E-state index contributed by atoms with van der Waals surface area (Å²) in [4.78, 5) is 33.4. The molecule has 1 aromatic rings. The summed E-state index contributed by atoms with van der Waals surface area (Å²) >= 11 is 3.97. The molecule has 0 radical (unpaired) electrons. The normalized spacial score (nSPS) is 11.8. The molecule has 0 aliphatic carbocycles. The van der Waals surface area contributed by atoms with Crippen LogP contribution in [0.5, 0.6) is 0 Å². The van der Waals surface area contributed by atoms with Crippen molar-refractivity contribution in [3.05, 3.63) is 22.0 Å². The molecular weight excluding hydrogens is 300 g/mol. The van der Waals surface area contributed by atoms with Gasteiger partial charge in [-0.2, -0.15) is 17.7 Å². The Labute approximate surface area is 126 Å². The quantitative estimate of drug-likeness (QED) is 0.318. The molecule has 1 heterocycles. The Morgan fingerprint density at radius 2 is 2.29 bits per heavy atom. The lowest BCUT2D eigenvalue weighted by Gasteiger charge is -2.14. The summed E-state index contributed by atoms with van der Waals surface area (Å²) in [6, 6.07) is -0.868. The van der Waals surface area contributed by atoms with E-state index in [0.29, 0.717) is 0 Å². The first-order valence-electron chi connectivity index (χ1n) is 6.14. The Morgan fingerprint density at radius 3 is 2.76 bits per heavy atom. The lowest BCUT2D eigenvalue weighted by Crippen LogP contribution is -2.44. The molecule has 0 bridgehead atoms. The number of thiol groups is 1. The Morgan fingerprint density at radius 1 is 1.62 bits per heavy atom. The summed E-state index contributed by atoms with van der Waals surface area (Å²) in [6.45, 7) is 3.09. The second-order valence-electron chi connectivity index (χ2n) is 4.11. The van der Waals surface area contributed by atoms with Crippen LogP contribution >= 0.6 is 12.6 Å². The third-order valence-electron chi connectivity index (χ3n) is 2.51. The van der Waals surface area contributed by atoms with Gasteiger partial charge in [-0.25, -0.2) is 4.79 Å². The van der Waals surface area contributed by atoms with Crippen LogP contribution in [0.1, 0.15) is 12.6 Å². The van der Waals surface area contributed by atoms with Gasteiger partial charge in [0, 0.05) is 5.75 Å². The third-order valence-corrected chi connectivity index (χ3v) is 2.88. The molecule has 9 nitrogen and oxygen atoms in total. The fourth-order valence-corrected chi connectivity index (χ4v) is 1.82. The lowest BCUT2D eigenvalue weighted by atomic mass is 10.3. The van der Waals surface area contributed by atoms with Crippen molar-refractivity contribution in [2.45, 2.75) is 26.4 Å². The predicted molar refractivity (Wildman–Crippen MR) is 76.0 cm³/mol. The number of carbonyl (C=O) groups excluding carboxylic acids is 2. The first kappa shape index (κ1) is 17.0. The van der Waals surface area contributed by atoms with Crippen molar-refractivity contribution in [3.8, 4) is 0 Å². The maximum atomic E-state index is 11.8. The number of rotatable bonds is 7. The average Bonchev–Trinajstić information content (AvgIpc) is 2.77. The van der Waals surface area contributed by atoms with Crippen LogP contribution in [0.25, 0.3) is 0 Å². The first-order chi connectivity index (χ1) is 9.88. The van der Waals surface area contributed by atoms with Gasteiger partial charge in [0.25, 0.3) is 0 Å². The van der Waals surface area contributed by atoms with E-state index >= 15 is 0 Å². The largest absolute Gasteiger partial charge is 0.464 e. The highest BCUT2D eigenvalue weighted by Crippen LogP contribution is 2.14. The molecule has 0 aliphatic heterocycles. The molecule has 1 N–H and O–H groups in total. The zero-order chi connectivity index (χ0) is 16.0. The van der Waals surface area contributed by atoms with Crippen molar-refractivity contribution in [2.24, 2.45) is 0 Å². The number of aryl methyl sites for hydroxylation is 1. The van der Waals surface area contributed by atoms with E-state index in [1.807, 2.05) is 0 Å². The predicted octanol–water partition coefficient (Wildman–Crippen LogP) is 0.0774. The Bertz CT molecular complexity index is 545. The van der Waals surface area contributed by atoms with Crippen molar-refractivity contribution in [3.63, 3.8) is 0 Å². The Hall–Kier alpha value is -2.10. The minimum absolute atomic E-state index is 0.0862. The lowest BCUT2D eigenvalue weighted by molar-refractivity contribution is -0.385. The average molecular weight is 316 g/mol. The summed E-state index contributed by atoms with van der Waals surface area (Å²) in [5.41, 5.74) is 0.0443. The monoisotopic (exact) mass is 316 g/mol. The number of ether oxygens (including phenoxy) is 1. The third kappa shape index (κ3) is 4.74. The van der Waals surface area contributed by atoms with Crippen LogP contribution in [-0.2, 0) is 20.9 Å². The molecule has 1 atom stereocenters. The van der Waals surface area contributed by atoms with E-state index in [2.05, 4.69) is 23.0 Å². The van der Waals surface area contributed by atoms with Crippen LogP contribution in [-0.4, -0.2) is 45.0 Å². The number of nitrogens with zero attached hydrogens (tertiary/aromatic N) is 3. The van der Waals surface area contributed by atoms with E-state index in [4.69, 9.17) is 4.74 Å². The molecule has 0 aromatic carbocycles. The summed E-state index contributed by atoms with van der Waals surface area (Å²) in [7, 11) is 0. The molecule has 1 aromatic heterocycles. The van der Waals surface area contributed by atoms with Crippen molar-refractivity contribution in [2.75, 3.05) is 12.4 Å². The highest BCUT2D eigenvalue weighted by molar-refractivity contribution is 7.80. The van der Waals surface area contributed by atoms with Gasteiger partial charge in [0.15, 0.2) is 0 Å². The van der Waals surface area contributed by atoms with E-state index in [1.165, 1.54) is 6.92 Å². The van der Waals surface area contributed by atoms with E-state index < -0.39 is 22.8 Å². The van der Waals surface area contributed by atoms with Crippen LogP contribution in [0.2, 0.25) is 0 Å². The molecule has 0 saturated carbocycles. The maximum Gasteiger partial charge on any atom is 0.329 e. The maximum absolute atomic E-state index is 11.8. The molecule has 1 rings (SSSR count). The molecule has 21 heavy (non-hydrogen) atoms. The van der Waals surface area contributed by atoms with Gasteiger partial charge in [0.2, 0.25) is 5.91 Å². The van der Waals surface area contributed by atoms with Crippen LogP contribution < -0.4 is 5.32 Å². The van der Waals surface area contributed by atoms with Crippen LogP contribution in [0.3, 0.4) is 0 Å². The first-order valence-corrected chi connectivity index (χ1v) is 6.77. The molecule has 0 fully saturated rings. The van der Waals surface area contributed by atoms with Crippen molar-refractivity contribution in [1.82, 2.24) is 15.1 Å². The van der Waals surface area contributed by atoms with Crippen LogP contribution in [0.4, 0.5) is 5.69 Å². The number of nitro groups is 1. The van der Waals surface area contributed by atoms with Crippen LogP contribution in [0.15, 0.2) is 6.20 Å². The highest BCUT2D eigenvalue weighted by Gasteiger charge is 2.22. The highest BCUT2D eigenvalue weighted by atomic mass is 32.1. The van der Waals surface area contributed by atoms with E-state index in [9.17, 15) is 19.7 Å². The zero-order valence-corrected chi connectivity index (χ0v) is 12.5. The van der Waals surface area contributed by atoms with Crippen molar-refractivity contribution in [1.29, 1.82) is 0 Å². The number of nitrogens with one attached hydrogen (secondary N) is 1. The Kier molecular flexibility index (Phi) is 6.15. The van der Waals surface area contributed by atoms with Crippen LogP contribution in [0, 0.1) is 17.0 Å². The van der Waals surface area contributed by atoms with Gasteiger partial charge in [0.05, 0.1) is 11.5 Å². The SMILES string of the molecule is CCOC(=O)[C@H](CS)NC(=O)Cn1cc([N+](=O)[O-])c(C)n1. The number of amides is 1. The molecule has 0 unspecified atom stereocenters. The van der Waals surface area contributed by atoms with E-state index in [0.717, 1.165) is 10.9 Å². The zero-order valence-electron chi connectivity index (χ0n) is 11.6. The number of aromatic nitrogens is 2. The summed E-state index contributed by atoms with van der Waals surface area (Å²) in [6.07, 6.45) is 1.16. The smallest absolute Gasteiger partial charge is 0.329 e. The fourth-order valence-electron chi connectivity index (χ4n) is 1.58. The second kappa shape index (κ2) is 7.62. The molecule has 0 spiro atoms. The van der Waals surface area contributed by atoms with Crippen molar-refractivity contribution < 1.29 is 19.2 Å². The van der Waals surface area contributed by atoms with E-state index in [1.54, 1.807) is 6.92 Å². The summed E-state index contributed by atoms with van der Waals surface area (Å²) in [5, 5.41) is 17.0. The van der Waals surface area contributed by atoms with Gasteiger partial charge >= 0.3 is 11.7 Å². The van der Waals surface area contributed by atoms with Gasteiger partial charge in [-0.05, 0) is 13.8 Å². The number of hydrogen-bond donors (Lipinski definition) is 2. The molecular formula is C11H16N4O5S. The molecule has 1 amide bonds. The van der Waals surface area contributed by atoms with Crippen molar-refractivity contribution >= 4 is 30.2 Å². The fraction of sp³-hybridized carbons (Fsp3) is 0.545. The minimum atomic E-state index is -0.868. The standard InChI is InChI=1S/C11H16N4O5S/c1-3-20-11(17)8(6-21)12-10(16)5-14-4-9(15(18)19)7(2)13-14/h4,8,21H,3,5-6H2,1-2H3,(H,12,16)/t8-/m0/s1. The van der Waals surface area contributed by atoms with Gasteiger partial charge < -0.3 is 10.1 Å². The summed E-state index contributed by atoms with van der Waals surface area (Å²) in [5.74, 6) is -1.01. The second-order valence-corrected chi connectivity index (χ2v) is 4.47. The topological polar surface area (TPSA) is 116 Å². The minimum Gasteiger partial charge on any atom is -0.464 e. The van der Waals surface area contributed by atoms with Gasteiger partial charge in [-0.3, -0.25) is 19.6 Å². The van der Waals surface area contributed by atoms with E-state index in [-0.39, 0.29) is 30.3 Å². The molecule has 0 saturated heterocycles. The van der Waals surface area contributed by atoms with Gasteiger partial charge in [0.1, 0.15) is 24.5 Å². The molecule has 10 heteroatoms.